The van der Waals surface area contributed by atoms with Crippen molar-refractivity contribution in [1.29, 1.82) is 0 Å². The van der Waals surface area contributed by atoms with E-state index in [-0.39, 0.29) is 11.7 Å². The van der Waals surface area contributed by atoms with Crippen LogP contribution in [-0.2, 0) is 0 Å². The Hall–Kier alpha value is -3.47. The summed E-state index contributed by atoms with van der Waals surface area (Å²) in [5.41, 5.74) is 4.21. The first-order valence-electron chi connectivity index (χ1n) is 8.23. The molecule has 1 aromatic heterocycles. The van der Waals surface area contributed by atoms with Gasteiger partial charge < -0.3 is 10.6 Å². The van der Waals surface area contributed by atoms with Crippen molar-refractivity contribution in [3.05, 3.63) is 83.7 Å². The molecule has 1 amide bonds. The Kier molecular flexibility index (Phi) is 5.08. The van der Waals surface area contributed by atoms with Gasteiger partial charge >= 0.3 is 0 Å². The average molecular weight is 345 g/mol. The number of pyridine rings is 1. The van der Waals surface area contributed by atoms with Crippen LogP contribution in [0.25, 0.3) is 0 Å². The summed E-state index contributed by atoms with van der Waals surface area (Å²) in [7, 11) is 0. The van der Waals surface area contributed by atoms with Crippen LogP contribution in [0.15, 0.2) is 66.9 Å². The van der Waals surface area contributed by atoms with Crippen LogP contribution in [0.4, 0.5) is 17.1 Å². The second kappa shape index (κ2) is 7.61. The number of ketones is 1. The summed E-state index contributed by atoms with van der Waals surface area (Å²) in [6.07, 6.45) is 1.57. The molecular formula is C21H19N3O2. The number of hydrogen-bond donors (Lipinski definition) is 2. The number of aromatic nitrogens is 1. The van der Waals surface area contributed by atoms with E-state index in [2.05, 4.69) is 15.6 Å². The van der Waals surface area contributed by atoms with Crippen LogP contribution in [0.5, 0.6) is 0 Å². The number of amides is 1. The monoisotopic (exact) mass is 345 g/mol. The van der Waals surface area contributed by atoms with Crippen molar-refractivity contribution in [2.75, 3.05) is 10.6 Å². The van der Waals surface area contributed by atoms with Gasteiger partial charge in [-0.15, -0.1) is 0 Å². The number of benzene rings is 2. The number of aryl methyl sites for hydroxylation is 1. The van der Waals surface area contributed by atoms with E-state index in [4.69, 9.17) is 0 Å². The molecule has 1 heterocycles. The Bertz CT molecular complexity index is 967. The maximum Gasteiger partial charge on any atom is 0.274 e. The zero-order valence-electron chi connectivity index (χ0n) is 14.6. The molecule has 2 aromatic carbocycles. The molecule has 0 bridgehead atoms. The minimum absolute atomic E-state index is 0.00148. The van der Waals surface area contributed by atoms with E-state index in [9.17, 15) is 9.59 Å². The topological polar surface area (TPSA) is 71.1 Å². The molecule has 0 saturated heterocycles. The van der Waals surface area contributed by atoms with Crippen LogP contribution >= 0.6 is 0 Å². The second-order valence-electron chi connectivity index (χ2n) is 6.02. The summed E-state index contributed by atoms with van der Waals surface area (Å²) in [6.45, 7) is 3.49. The molecule has 5 heteroatoms. The first-order valence-corrected chi connectivity index (χ1v) is 8.23. The lowest BCUT2D eigenvalue weighted by molar-refractivity contribution is 0.101. The number of Topliss-reactive ketones (excluding diaryl/α,β-unsaturated/α-hetero) is 1. The van der Waals surface area contributed by atoms with Gasteiger partial charge in [0.25, 0.3) is 5.91 Å². The maximum absolute atomic E-state index is 12.4. The molecule has 0 aliphatic heterocycles. The molecule has 0 aliphatic rings. The van der Waals surface area contributed by atoms with E-state index in [1.807, 2.05) is 43.3 Å². The first kappa shape index (κ1) is 17.4. The van der Waals surface area contributed by atoms with Crippen LogP contribution in [0.2, 0.25) is 0 Å². The predicted octanol–water partition coefficient (Wildman–Crippen LogP) is 4.59. The van der Waals surface area contributed by atoms with E-state index in [1.165, 1.54) is 6.92 Å². The fourth-order valence-electron chi connectivity index (χ4n) is 2.53. The molecule has 0 unspecified atom stereocenters. The number of hydrogen-bond acceptors (Lipinski definition) is 4. The number of carbonyl (C=O) groups is 2. The molecule has 5 nitrogen and oxygen atoms in total. The quantitative estimate of drug-likeness (QED) is 0.664. The minimum Gasteiger partial charge on any atom is -0.355 e. The molecule has 0 spiro atoms. The SMILES string of the molecule is CC(=O)c1cccc(Nc2ccnc(C(=O)Nc3cccc(C)c3)c2)c1. The van der Waals surface area contributed by atoms with Crippen molar-refractivity contribution in [1.82, 2.24) is 4.98 Å². The van der Waals surface area contributed by atoms with Gasteiger partial charge in [0.05, 0.1) is 0 Å². The van der Waals surface area contributed by atoms with E-state index >= 15 is 0 Å². The maximum atomic E-state index is 12.4. The Balaban J connectivity index is 1.76. The van der Waals surface area contributed by atoms with Crippen molar-refractivity contribution in [2.45, 2.75) is 13.8 Å². The Morgan fingerprint density at radius 2 is 1.62 bits per heavy atom. The summed E-state index contributed by atoms with van der Waals surface area (Å²) < 4.78 is 0. The lowest BCUT2D eigenvalue weighted by atomic mass is 10.1. The van der Waals surface area contributed by atoms with Crippen molar-refractivity contribution in [3.63, 3.8) is 0 Å². The lowest BCUT2D eigenvalue weighted by Crippen LogP contribution is -2.13. The highest BCUT2D eigenvalue weighted by atomic mass is 16.2. The van der Waals surface area contributed by atoms with Crippen LogP contribution in [0, 0.1) is 6.92 Å². The summed E-state index contributed by atoms with van der Waals surface area (Å²) >= 11 is 0. The molecule has 130 valence electrons. The molecule has 0 saturated carbocycles. The molecule has 0 aliphatic carbocycles. The van der Waals surface area contributed by atoms with E-state index in [0.717, 1.165) is 22.6 Å². The predicted molar refractivity (Wildman–Crippen MR) is 103 cm³/mol. The van der Waals surface area contributed by atoms with Gasteiger partial charge in [-0.05, 0) is 55.8 Å². The zero-order valence-corrected chi connectivity index (χ0v) is 14.6. The molecule has 3 aromatic rings. The fourth-order valence-corrected chi connectivity index (χ4v) is 2.53. The molecule has 2 N–H and O–H groups in total. The average Bonchev–Trinajstić information content (AvgIpc) is 2.62. The lowest BCUT2D eigenvalue weighted by Gasteiger charge is -2.09. The zero-order chi connectivity index (χ0) is 18.5. The standard InChI is InChI=1S/C21H19N3O2/c1-14-5-3-7-17(11-14)24-21(26)20-13-19(9-10-22-20)23-18-8-4-6-16(12-18)15(2)25/h3-13H,1-2H3,(H,22,23)(H,24,26). The number of anilines is 3. The largest absolute Gasteiger partial charge is 0.355 e. The van der Waals surface area contributed by atoms with Gasteiger partial charge in [-0.1, -0.05) is 24.3 Å². The van der Waals surface area contributed by atoms with Crippen LogP contribution in [0.1, 0.15) is 33.3 Å². The van der Waals surface area contributed by atoms with Gasteiger partial charge in [-0.3, -0.25) is 14.6 Å². The van der Waals surface area contributed by atoms with Crippen molar-refractivity contribution in [2.24, 2.45) is 0 Å². The van der Waals surface area contributed by atoms with E-state index in [0.29, 0.717) is 11.3 Å². The van der Waals surface area contributed by atoms with Crippen molar-refractivity contribution in [3.8, 4) is 0 Å². The molecular weight excluding hydrogens is 326 g/mol. The van der Waals surface area contributed by atoms with Gasteiger partial charge in [0.15, 0.2) is 5.78 Å². The number of rotatable bonds is 5. The molecule has 0 atom stereocenters. The number of nitrogens with one attached hydrogen (secondary N) is 2. The van der Waals surface area contributed by atoms with Crippen molar-refractivity contribution < 1.29 is 9.59 Å². The van der Waals surface area contributed by atoms with Crippen LogP contribution < -0.4 is 10.6 Å². The smallest absolute Gasteiger partial charge is 0.274 e. The molecule has 26 heavy (non-hydrogen) atoms. The normalized spacial score (nSPS) is 10.2. The van der Waals surface area contributed by atoms with Crippen LogP contribution in [-0.4, -0.2) is 16.7 Å². The van der Waals surface area contributed by atoms with E-state index in [1.54, 1.807) is 30.5 Å². The third-order valence-electron chi connectivity index (χ3n) is 3.83. The van der Waals surface area contributed by atoms with Gasteiger partial charge in [0.2, 0.25) is 0 Å². The van der Waals surface area contributed by atoms with Gasteiger partial charge in [0, 0.05) is 28.8 Å². The van der Waals surface area contributed by atoms with Crippen LogP contribution in [0.3, 0.4) is 0 Å². The highest BCUT2D eigenvalue weighted by Crippen LogP contribution is 2.19. The highest BCUT2D eigenvalue weighted by Gasteiger charge is 2.09. The van der Waals surface area contributed by atoms with Gasteiger partial charge in [0.1, 0.15) is 5.69 Å². The van der Waals surface area contributed by atoms with Gasteiger partial charge in [-0.25, -0.2) is 0 Å². The molecule has 3 rings (SSSR count). The van der Waals surface area contributed by atoms with Gasteiger partial charge in [-0.2, -0.15) is 0 Å². The second-order valence-corrected chi connectivity index (χ2v) is 6.02. The summed E-state index contributed by atoms with van der Waals surface area (Å²) in [4.78, 5) is 28.1. The third-order valence-corrected chi connectivity index (χ3v) is 3.83. The first-order chi connectivity index (χ1) is 12.5. The summed E-state index contributed by atoms with van der Waals surface area (Å²) in [5, 5.41) is 6.04. The Labute approximate surface area is 152 Å². The number of nitrogens with zero attached hydrogens (tertiary/aromatic N) is 1. The Morgan fingerprint density at radius 1 is 0.885 bits per heavy atom. The summed E-state index contributed by atoms with van der Waals surface area (Å²) in [5.74, 6) is -0.279. The summed E-state index contributed by atoms with van der Waals surface area (Å²) in [6, 6.07) is 18.2. The van der Waals surface area contributed by atoms with E-state index < -0.39 is 0 Å². The number of carbonyl (C=O) groups excluding carboxylic acids is 2. The highest BCUT2D eigenvalue weighted by molar-refractivity contribution is 6.03. The molecule has 0 radical (unpaired) electrons. The third kappa shape index (κ3) is 4.33. The minimum atomic E-state index is -0.281. The Morgan fingerprint density at radius 3 is 2.38 bits per heavy atom. The fraction of sp³-hybridized carbons (Fsp3) is 0.0952. The van der Waals surface area contributed by atoms with Crippen molar-refractivity contribution >= 4 is 28.8 Å². The molecule has 0 fully saturated rings.